The molecule has 1 aromatic carbocycles. The van der Waals surface area contributed by atoms with Crippen molar-refractivity contribution in [1.82, 2.24) is 9.80 Å². The molecule has 0 saturated heterocycles. The van der Waals surface area contributed by atoms with Crippen LogP contribution in [-0.4, -0.2) is 93.8 Å². The van der Waals surface area contributed by atoms with Crippen LogP contribution in [0.15, 0.2) is 30.3 Å². The molecular weight excluding hydrogens is 660 g/mol. The lowest BCUT2D eigenvalue weighted by molar-refractivity contribution is -0.144. The van der Waals surface area contributed by atoms with Gasteiger partial charge in [-0.1, -0.05) is 120 Å². The van der Waals surface area contributed by atoms with Crippen LogP contribution >= 0.6 is 0 Å². The predicted octanol–water partition coefficient (Wildman–Crippen LogP) is 8.61. The van der Waals surface area contributed by atoms with Crippen molar-refractivity contribution in [2.45, 2.75) is 148 Å². The van der Waals surface area contributed by atoms with Crippen molar-refractivity contribution >= 4 is 23.8 Å². The number of amides is 2. The first-order valence-electron chi connectivity index (χ1n) is 20.3. The Morgan fingerprint density at radius 1 is 0.538 bits per heavy atom. The Morgan fingerprint density at radius 3 is 1.35 bits per heavy atom. The molecule has 1 unspecified atom stereocenters. The normalized spacial score (nSPS) is 11.6. The molecule has 0 aliphatic heterocycles. The molecule has 0 N–H and O–H groups in total. The number of unbranched alkanes of at least 4 members (excludes halogenated alkanes) is 16. The minimum atomic E-state index is -0.445. The first kappa shape index (κ1) is 47.0. The average Bonchev–Trinajstić information content (AvgIpc) is 3.14. The predicted molar refractivity (Wildman–Crippen MR) is 207 cm³/mol. The molecule has 10 nitrogen and oxygen atoms in total. The van der Waals surface area contributed by atoms with Crippen LogP contribution in [0.5, 0.6) is 0 Å². The van der Waals surface area contributed by atoms with Gasteiger partial charge < -0.3 is 28.7 Å². The zero-order chi connectivity index (χ0) is 38.1. The van der Waals surface area contributed by atoms with E-state index in [1.54, 1.807) is 9.80 Å². The highest BCUT2D eigenvalue weighted by molar-refractivity contribution is 5.77. The maximum atomic E-state index is 12.9. The quantitative estimate of drug-likeness (QED) is 0.0512. The van der Waals surface area contributed by atoms with Crippen molar-refractivity contribution in [3.63, 3.8) is 0 Å². The lowest BCUT2D eigenvalue weighted by atomic mass is 10.1. The van der Waals surface area contributed by atoms with Crippen LogP contribution < -0.4 is 0 Å². The lowest BCUT2D eigenvalue weighted by Crippen LogP contribution is -2.33. The topological polar surface area (TPSA) is 112 Å². The monoisotopic (exact) mass is 733 g/mol. The Hall–Kier alpha value is -2.98. The number of rotatable bonds is 34. The second-order valence-corrected chi connectivity index (χ2v) is 13.8. The Bertz CT molecular complexity index is 1050. The second kappa shape index (κ2) is 32.7. The number of carbonyl (C=O) groups excluding carboxylic acids is 4. The van der Waals surface area contributed by atoms with E-state index in [9.17, 15) is 19.2 Å². The number of carbonyl (C=O) groups is 4. The first-order chi connectivity index (χ1) is 25.3. The van der Waals surface area contributed by atoms with Crippen molar-refractivity contribution in [1.29, 1.82) is 0 Å². The zero-order valence-corrected chi connectivity index (χ0v) is 33.2. The number of hydrogen-bond donors (Lipinski definition) is 0. The molecule has 0 radical (unpaired) electrons. The zero-order valence-electron chi connectivity index (χ0n) is 33.2. The molecule has 0 saturated carbocycles. The minimum absolute atomic E-state index is 0.0251. The fraction of sp³-hybridized carbons (Fsp3) is 0.762. The van der Waals surface area contributed by atoms with Gasteiger partial charge in [0.25, 0.3) is 0 Å². The summed E-state index contributed by atoms with van der Waals surface area (Å²) < 4.78 is 21.8. The Morgan fingerprint density at radius 2 is 0.923 bits per heavy atom. The van der Waals surface area contributed by atoms with E-state index in [1.165, 1.54) is 38.5 Å². The molecule has 1 aromatic rings. The summed E-state index contributed by atoms with van der Waals surface area (Å²) in [5.74, 6) is -0.303. The molecular formula is C42H72N2O8. The van der Waals surface area contributed by atoms with Crippen LogP contribution in [0.4, 0.5) is 0 Å². The van der Waals surface area contributed by atoms with Crippen molar-refractivity contribution in [2.75, 3.05) is 60.2 Å². The van der Waals surface area contributed by atoms with Crippen LogP contribution in [0.1, 0.15) is 154 Å². The van der Waals surface area contributed by atoms with Crippen LogP contribution in [0.2, 0.25) is 0 Å². The Labute approximate surface area is 315 Å². The van der Waals surface area contributed by atoms with Crippen molar-refractivity contribution < 1.29 is 38.1 Å². The van der Waals surface area contributed by atoms with Gasteiger partial charge in [-0.25, -0.2) is 0 Å². The Kier molecular flexibility index (Phi) is 29.5. The van der Waals surface area contributed by atoms with Gasteiger partial charge in [-0.15, -0.1) is 0 Å². The molecule has 1 rings (SSSR count). The van der Waals surface area contributed by atoms with E-state index < -0.39 is 6.10 Å². The summed E-state index contributed by atoms with van der Waals surface area (Å²) >= 11 is 0. The van der Waals surface area contributed by atoms with E-state index in [4.69, 9.17) is 18.9 Å². The average molecular weight is 733 g/mol. The highest BCUT2D eigenvalue weighted by Crippen LogP contribution is 2.18. The highest BCUT2D eigenvalue weighted by Gasteiger charge is 2.18. The smallest absolute Gasteiger partial charge is 0.305 e. The van der Waals surface area contributed by atoms with Crippen molar-refractivity contribution in [2.24, 2.45) is 0 Å². The van der Waals surface area contributed by atoms with Gasteiger partial charge in [-0.2, -0.15) is 0 Å². The van der Waals surface area contributed by atoms with Crippen LogP contribution in [0.25, 0.3) is 0 Å². The van der Waals surface area contributed by atoms with E-state index in [-0.39, 0.29) is 43.6 Å². The summed E-state index contributed by atoms with van der Waals surface area (Å²) in [5.41, 5.74) is 0.912. The van der Waals surface area contributed by atoms with Crippen LogP contribution in [-0.2, 0) is 38.1 Å². The summed E-state index contributed by atoms with van der Waals surface area (Å²) in [6.07, 6.45) is 20.5. The van der Waals surface area contributed by atoms with Gasteiger partial charge in [0.15, 0.2) is 0 Å². The highest BCUT2D eigenvalue weighted by atomic mass is 16.5. The molecule has 298 valence electrons. The molecule has 0 fully saturated rings. The molecule has 0 aliphatic carbocycles. The maximum Gasteiger partial charge on any atom is 0.305 e. The summed E-state index contributed by atoms with van der Waals surface area (Å²) in [6, 6.07) is 9.70. The third-order valence-electron chi connectivity index (χ3n) is 9.29. The molecule has 10 heteroatoms. The molecule has 0 aliphatic rings. The maximum absolute atomic E-state index is 12.9. The Balaban J connectivity index is 2.19. The first-order valence-corrected chi connectivity index (χ1v) is 20.3. The fourth-order valence-corrected chi connectivity index (χ4v) is 5.98. The van der Waals surface area contributed by atoms with Crippen molar-refractivity contribution in [3.05, 3.63) is 35.9 Å². The van der Waals surface area contributed by atoms with Gasteiger partial charge in [0.05, 0.1) is 19.8 Å². The number of likely N-dealkylation sites (N-methyl/N-ethyl adjacent to an activating group) is 2. The van der Waals surface area contributed by atoms with Gasteiger partial charge in [-0.3, -0.25) is 19.2 Å². The summed E-state index contributed by atoms with van der Waals surface area (Å²) in [7, 11) is 3.64. The number of benzene rings is 1. The van der Waals surface area contributed by atoms with E-state index in [2.05, 4.69) is 0 Å². The largest absolute Gasteiger partial charge is 0.466 e. The van der Waals surface area contributed by atoms with Gasteiger partial charge in [0.1, 0.15) is 19.3 Å². The SMILES string of the molecule is CCOC(=O)CCCCCCCCCCCN(C)C(=O)COCC(OCC(=O)N(C)CCCCCCCCCCCC(=O)OCC)c1ccccc1. The summed E-state index contributed by atoms with van der Waals surface area (Å²) in [5, 5.41) is 0. The minimum Gasteiger partial charge on any atom is -0.466 e. The van der Waals surface area contributed by atoms with E-state index in [0.717, 1.165) is 82.6 Å². The number of esters is 2. The van der Waals surface area contributed by atoms with Gasteiger partial charge in [-0.05, 0) is 45.1 Å². The van der Waals surface area contributed by atoms with Gasteiger partial charge in [0.2, 0.25) is 11.8 Å². The third-order valence-corrected chi connectivity index (χ3v) is 9.29. The van der Waals surface area contributed by atoms with E-state index in [0.29, 0.717) is 39.1 Å². The van der Waals surface area contributed by atoms with Crippen molar-refractivity contribution in [3.8, 4) is 0 Å². The number of nitrogens with zero attached hydrogens (tertiary/aromatic N) is 2. The molecule has 0 aromatic heterocycles. The van der Waals surface area contributed by atoms with E-state index >= 15 is 0 Å². The van der Waals surface area contributed by atoms with Crippen LogP contribution in [0.3, 0.4) is 0 Å². The molecule has 0 spiro atoms. The summed E-state index contributed by atoms with van der Waals surface area (Å²) in [6.45, 7) is 6.11. The standard InChI is InChI=1S/C42H72N2O8/c1-5-50-41(47)30-24-17-13-9-7-11-15-19-26-32-43(3)39(45)35-49-34-38(37-28-22-21-23-29-37)52-36-40(46)44(4)33-27-20-16-12-8-10-14-18-25-31-42(48)51-6-2/h21-23,28-29,38H,5-20,24-27,30-36H2,1-4H3. The molecule has 0 bridgehead atoms. The van der Waals surface area contributed by atoms with Gasteiger partial charge >= 0.3 is 11.9 Å². The fourth-order valence-electron chi connectivity index (χ4n) is 5.98. The molecule has 1 atom stereocenters. The third kappa shape index (κ3) is 25.9. The number of hydrogen-bond acceptors (Lipinski definition) is 8. The number of ether oxygens (including phenoxy) is 4. The van der Waals surface area contributed by atoms with Crippen LogP contribution in [0, 0.1) is 0 Å². The molecule has 0 heterocycles. The lowest BCUT2D eigenvalue weighted by Gasteiger charge is -2.22. The van der Waals surface area contributed by atoms with Gasteiger partial charge in [0, 0.05) is 40.0 Å². The second-order valence-electron chi connectivity index (χ2n) is 13.8. The molecule has 2 amide bonds. The summed E-state index contributed by atoms with van der Waals surface area (Å²) in [4.78, 5) is 51.8. The van der Waals surface area contributed by atoms with E-state index in [1.807, 2.05) is 58.3 Å². The molecule has 52 heavy (non-hydrogen) atoms.